The highest BCUT2D eigenvalue weighted by molar-refractivity contribution is 6.10. The van der Waals surface area contributed by atoms with Crippen molar-refractivity contribution in [1.29, 1.82) is 0 Å². The number of carbonyl (C=O) groups excluding carboxylic acids is 2. The number of hydrogen-bond donors (Lipinski definition) is 2. The van der Waals surface area contributed by atoms with Gasteiger partial charge in [-0.15, -0.1) is 0 Å². The van der Waals surface area contributed by atoms with Crippen LogP contribution in [0.1, 0.15) is 54.1 Å². The Hall–Kier alpha value is -6.14. The number of pyridine rings is 2. The third-order valence-electron chi connectivity index (χ3n) is 9.27. The zero-order valence-corrected chi connectivity index (χ0v) is 28.7. The summed E-state index contributed by atoms with van der Waals surface area (Å²) in [4.78, 5) is 37.5. The van der Waals surface area contributed by atoms with Crippen LogP contribution in [0, 0.1) is 27.7 Å². The van der Waals surface area contributed by atoms with Crippen LogP contribution in [0.5, 0.6) is 0 Å². The number of amides is 2. The van der Waals surface area contributed by atoms with Crippen molar-refractivity contribution in [2.24, 2.45) is 0 Å². The highest BCUT2D eigenvalue weighted by atomic mass is 16.2. The third-order valence-corrected chi connectivity index (χ3v) is 9.27. The van der Waals surface area contributed by atoms with Gasteiger partial charge in [0.1, 0.15) is 0 Å². The number of carbonyl (C=O) groups is 2. The van der Waals surface area contributed by atoms with Crippen molar-refractivity contribution in [1.82, 2.24) is 20.6 Å². The second kappa shape index (κ2) is 13.8. The van der Waals surface area contributed by atoms with Crippen LogP contribution >= 0.6 is 0 Å². The maximum absolute atomic E-state index is 13.8. The van der Waals surface area contributed by atoms with E-state index in [1.54, 1.807) is 0 Å². The first-order chi connectivity index (χ1) is 24.3. The van der Waals surface area contributed by atoms with Crippen LogP contribution < -0.4 is 10.6 Å². The van der Waals surface area contributed by atoms with Crippen LogP contribution in [0.4, 0.5) is 0 Å². The van der Waals surface area contributed by atoms with Crippen LogP contribution in [0.25, 0.3) is 44.3 Å². The Balaban J connectivity index is 1.10. The van der Waals surface area contributed by atoms with Crippen molar-refractivity contribution >= 4 is 33.6 Å². The van der Waals surface area contributed by atoms with E-state index in [1.165, 1.54) is 11.1 Å². The van der Waals surface area contributed by atoms with Gasteiger partial charge in [0.05, 0.1) is 33.5 Å². The number of rotatable bonds is 8. The molecular formula is C44H38N4O2. The molecule has 0 atom stereocenters. The standard InChI is InChI=1S/C44H38N4O2/c1-27-16-20-33(21-17-27)41-29(3)39(35-12-5-7-14-37(35)47-41)43(49)45-25-31-10-9-11-32(24-31)26-46-44(50)40-30(4)42(34-22-18-28(2)19-23-34)48-38-15-8-6-13-36(38)40/h5-24H,25-26H2,1-4H3,(H,45,49)(H,46,50). The number of para-hydroxylation sites is 2. The molecule has 6 nitrogen and oxygen atoms in total. The first-order valence-corrected chi connectivity index (χ1v) is 16.8. The van der Waals surface area contributed by atoms with Crippen molar-refractivity contribution < 1.29 is 9.59 Å². The van der Waals surface area contributed by atoms with Crippen molar-refractivity contribution in [3.8, 4) is 22.5 Å². The van der Waals surface area contributed by atoms with Gasteiger partial charge in [-0.05, 0) is 62.1 Å². The Bertz CT molecular complexity index is 2230. The molecule has 6 heteroatoms. The van der Waals surface area contributed by atoms with Gasteiger partial charge in [-0.1, -0.05) is 120 Å². The lowest BCUT2D eigenvalue weighted by Crippen LogP contribution is -2.25. The summed E-state index contributed by atoms with van der Waals surface area (Å²) in [5.74, 6) is -0.310. The average Bonchev–Trinajstić information content (AvgIpc) is 3.13. The molecule has 246 valence electrons. The highest BCUT2D eigenvalue weighted by Crippen LogP contribution is 2.31. The van der Waals surface area contributed by atoms with E-state index in [4.69, 9.17) is 9.97 Å². The Morgan fingerprint density at radius 1 is 0.500 bits per heavy atom. The van der Waals surface area contributed by atoms with E-state index >= 15 is 0 Å². The van der Waals surface area contributed by atoms with Gasteiger partial charge < -0.3 is 10.6 Å². The topological polar surface area (TPSA) is 84.0 Å². The normalized spacial score (nSPS) is 11.1. The number of benzene rings is 5. The molecule has 2 N–H and O–H groups in total. The number of nitrogens with one attached hydrogen (secondary N) is 2. The molecule has 0 spiro atoms. The van der Waals surface area contributed by atoms with Crippen molar-refractivity contribution in [3.05, 3.63) is 166 Å². The van der Waals surface area contributed by atoms with Gasteiger partial charge in [0.2, 0.25) is 0 Å². The molecule has 0 aliphatic heterocycles. The largest absolute Gasteiger partial charge is 0.348 e. The van der Waals surface area contributed by atoms with Gasteiger partial charge in [0, 0.05) is 35.0 Å². The first-order valence-electron chi connectivity index (χ1n) is 16.8. The van der Waals surface area contributed by atoms with E-state index in [-0.39, 0.29) is 11.8 Å². The molecule has 0 radical (unpaired) electrons. The fourth-order valence-corrected chi connectivity index (χ4v) is 6.58. The molecule has 0 aliphatic carbocycles. The number of aryl methyl sites for hydroxylation is 2. The minimum absolute atomic E-state index is 0.155. The predicted octanol–water partition coefficient (Wildman–Crippen LogP) is 9.21. The third kappa shape index (κ3) is 6.48. The fraction of sp³-hybridized carbons (Fsp3) is 0.136. The SMILES string of the molecule is Cc1ccc(-c2nc3ccccc3c(C(=O)NCc3cccc(CNC(=O)c4c(C)c(-c5ccc(C)cc5)nc5ccccc45)c3)c2C)cc1. The molecule has 0 saturated heterocycles. The van der Waals surface area contributed by atoms with Crippen LogP contribution in [0.2, 0.25) is 0 Å². The molecule has 0 saturated carbocycles. The van der Waals surface area contributed by atoms with E-state index in [0.717, 1.165) is 66.6 Å². The van der Waals surface area contributed by atoms with E-state index < -0.39 is 0 Å². The molecule has 2 amide bonds. The van der Waals surface area contributed by atoms with Crippen molar-refractivity contribution in [2.75, 3.05) is 0 Å². The number of nitrogens with zero attached hydrogens (tertiary/aromatic N) is 2. The first kappa shape index (κ1) is 32.4. The van der Waals surface area contributed by atoms with E-state index in [1.807, 2.05) is 111 Å². The van der Waals surface area contributed by atoms with Crippen LogP contribution in [0.15, 0.2) is 121 Å². The minimum atomic E-state index is -0.155. The Morgan fingerprint density at radius 3 is 1.32 bits per heavy atom. The Kier molecular flexibility index (Phi) is 8.92. The molecule has 50 heavy (non-hydrogen) atoms. The van der Waals surface area contributed by atoms with Crippen LogP contribution in [-0.4, -0.2) is 21.8 Å². The summed E-state index contributed by atoms with van der Waals surface area (Å²) in [6, 6.07) is 39.9. The lowest BCUT2D eigenvalue weighted by atomic mass is 9.96. The second-order valence-electron chi connectivity index (χ2n) is 12.9. The molecule has 0 bridgehead atoms. The molecule has 2 aromatic heterocycles. The zero-order chi connectivity index (χ0) is 34.8. The summed E-state index contributed by atoms with van der Waals surface area (Å²) in [7, 11) is 0. The summed E-state index contributed by atoms with van der Waals surface area (Å²) in [6.45, 7) is 8.71. The smallest absolute Gasteiger partial charge is 0.252 e. The van der Waals surface area contributed by atoms with Crippen LogP contribution in [-0.2, 0) is 13.1 Å². The van der Waals surface area contributed by atoms with E-state index in [0.29, 0.717) is 24.2 Å². The summed E-state index contributed by atoms with van der Waals surface area (Å²) in [5, 5.41) is 7.93. The Morgan fingerprint density at radius 2 is 0.900 bits per heavy atom. The van der Waals surface area contributed by atoms with Gasteiger partial charge in [-0.25, -0.2) is 9.97 Å². The Labute approximate surface area is 292 Å². The molecular weight excluding hydrogens is 617 g/mol. The molecule has 5 aromatic carbocycles. The predicted molar refractivity (Wildman–Crippen MR) is 202 cm³/mol. The molecule has 2 heterocycles. The summed E-state index contributed by atoms with van der Waals surface area (Å²) < 4.78 is 0. The monoisotopic (exact) mass is 654 g/mol. The minimum Gasteiger partial charge on any atom is -0.348 e. The number of fused-ring (bicyclic) bond motifs is 2. The fourth-order valence-electron chi connectivity index (χ4n) is 6.58. The quantitative estimate of drug-likeness (QED) is 0.171. The second-order valence-corrected chi connectivity index (χ2v) is 12.9. The average molecular weight is 655 g/mol. The van der Waals surface area contributed by atoms with Crippen LogP contribution in [0.3, 0.4) is 0 Å². The van der Waals surface area contributed by atoms with Gasteiger partial charge in [0.15, 0.2) is 0 Å². The van der Waals surface area contributed by atoms with Crippen molar-refractivity contribution in [3.63, 3.8) is 0 Å². The molecule has 7 aromatic rings. The van der Waals surface area contributed by atoms with Crippen molar-refractivity contribution in [2.45, 2.75) is 40.8 Å². The summed E-state index contributed by atoms with van der Waals surface area (Å²) in [5.41, 5.74) is 12.2. The molecule has 7 rings (SSSR count). The number of hydrogen-bond acceptors (Lipinski definition) is 4. The van der Waals surface area contributed by atoms with Gasteiger partial charge >= 0.3 is 0 Å². The molecule has 0 aliphatic rings. The van der Waals surface area contributed by atoms with Gasteiger partial charge in [0.25, 0.3) is 11.8 Å². The summed E-state index contributed by atoms with van der Waals surface area (Å²) >= 11 is 0. The summed E-state index contributed by atoms with van der Waals surface area (Å²) in [6.07, 6.45) is 0. The maximum Gasteiger partial charge on any atom is 0.252 e. The zero-order valence-electron chi connectivity index (χ0n) is 28.7. The van der Waals surface area contributed by atoms with Gasteiger partial charge in [-0.3, -0.25) is 9.59 Å². The van der Waals surface area contributed by atoms with E-state index in [9.17, 15) is 9.59 Å². The molecule has 0 unspecified atom stereocenters. The molecule has 0 fully saturated rings. The van der Waals surface area contributed by atoms with E-state index in [2.05, 4.69) is 48.7 Å². The lowest BCUT2D eigenvalue weighted by molar-refractivity contribution is 0.0944. The van der Waals surface area contributed by atoms with Gasteiger partial charge in [-0.2, -0.15) is 0 Å². The number of aromatic nitrogens is 2. The maximum atomic E-state index is 13.8. The highest BCUT2D eigenvalue weighted by Gasteiger charge is 2.20. The lowest BCUT2D eigenvalue weighted by Gasteiger charge is -2.16.